The molecule has 1 heterocycles. The molecule has 2 rings (SSSR count). The summed E-state index contributed by atoms with van der Waals surface area (Å²) in [5, 5.41) is 3.53. The summed E-state index contributed by atoms with van der Waals surface area (Å²) in [6, 6.07) is 0.928. The first kappa shape index (κ1) is 12.4. The second-order valence-electron chi connectivity index (χ2n) is 6.21. The van der Waals surface area contributed by atoms with E-state index in [-0.39, 0.29) is 0 Å². The van der Waals surface area contributed by atoms with E-state index in [2.05, 4.69) is 31.0 Å². The molecule has 1 saturated carbocycles. The fourth-order valence-corrected chi connectivity index (χ4v) is 3.43. The van der Waals surface area contributed by atoms with E-state index in [1.54, 1.807) is 0 Å². The molecule has 0 spiro atoms. The van der Waals surface area contributed by atoms with Gasteiger partial charge in [0, 0.05) is 25.7 Å². The smallest absolute Gasteiger partial charge is 0.00988 e. The van der Waals surface area contributed by atoms with Crippen LogP contribution in [-0.4, -0.2) is 37.1 Å². The zero-order chi connectivity index (χ0) is 11.6. The van der Waals surface area contributed by atoms with Gasteiger partial charge in [-0.2, -0.15) is 0 Å². The Bertz CT molecular complexity index is 229. The van der Waals surface area contributed by atoms with Crippen molar-refractivity contribution in [2.45, 2.75) is 52.5 Å². The maximum Gasteiger partial charge on any atom is 0.00988 e. The average Bonchev–Trinajstić information content (AvgIpc) is 2.88. The van der Waals surface area contributed by atoms with E-state index < -0.39 is 0 Å². The van der Waals surface area contributed by atoms with Crippen LogP contribution in [0.3, 0.4) is 0 Å². The van der Waals surface area contributed by atoms with Crippen molar-refractivity contribution in [3.63, 3.8) is 0 Å². The summed E-state index contributed by atoms with van der Waals surface area (Å²) in [6.45, 7) is 11.9. The number of piperidine rings is 1. The normalized spacial score (nSPS) is 33.2. The van der Waals surface area contributed by atoms with Gasteiger partial charge < -0.3 is 5.32 Å². The molecule has 2 aliphatic rings. The van der Waals surface area contributed by atoms with Crippen molar-refractivity contribution >= 4 is 0 Å². The highest BCUT2D eigenvalue weighted by molar-refractivity contribution is 4.94. The zero-order valence-corrected chi connectivity index (χ0v) is 11.3. The van der Waals surface area contributed by atoms with E-state index >= 15 is 0 Å². The second-order valence-corrected chi connectivity index (χ2v) is 6.21. The number of nitrogens with one attached hydrogen (secondary N) is 1. The van der Waals surface area contributed by atoms with E-state index in [9.17, 15) is 0 Å². The van der Waals surface area contributed by atoms with Gasteiger partial charge in [0.15, 0.2) is 0 Å². The van der Waals surface area contributed by atoms with Crippen molar-refractivity contribution in [3.05, 3.63) is 0 Å². The van der Waals surface area contributed by atoms with Crippen LogP contribution in [0.2, 0.25) is 0 Å². The number of hydrogen-bond acceptors (Lipinski definition) is 2. The molecular formula is C14H28N2. The van der Waals surface area contributed by atoms with Crippen LogP contribution in [0.1, 0.15) is 46.5 Å². The largest absolute Gasteiger partial charge is 0.316 e. The molecule has 2 heteroatoms. The molecule has 1 aliphatic heterocycles. The summed E-state index contributed by atoms with van der Waals surface area (Å²) in [7, 11) is 0. The van der Waals surface area contributed by atoms with Gasteiger partial charge in [-0.25, -0.2) is 0 Å². The van der Waals surface area contributed by atoms with Crippen LogP contribution in [-0.2, 0) is 0 Å². The van der Waals surface area contributed by atoms with E-state index in [1.807, 2.05) is 0 Å². The van der Waals surface area contributed by atoms with Crippen LogP contribution < -0.4 is 5.32 Å². The van der Waals surface area contributed by atoms with Gasteiger partial charge in [0.05, 0.1) is 0 Å². The Labute approximate surface area is 101 Å². The SMILES string of the molecule is CCNCC(C)(CC)CN1CC2CCC1C2. The van der Waals surface area contributed by atoms with Gasteiger partial charge in [-0.15, -0.1) is 0 Å². The van der Waals surface area contributed by atoms with Crippen molar-refractivity contribution in [3.8, 4) is 0 Å². The summed E-state index contributed by atoms with van der Waals surface area (Å²) in [4.78, 5) is 2.77. The molecule has 0 aromatic carbocycles. The van der Waals surface area contributed by atoms with Gasteiger partial charge in [-0.05, 0) is 43.6 Å². The summed E-state index contributed by atoms with van der Waals surface area (Å²) in [5.74, 6) is 1.03. The summed E-state index contributed by atoms with van der Waals surface area (Å²) in [6.07, 6.45) is 5.73. The topological polar surface area (TPSA) is 15.3 Å². The Hall–Kier alpha value is -0.0800. The third-order valence-electron chi connectivity index (χ3n) is 4.76. The maximum absolute atomic E-state index is 3.53. The highest BCUT2D eigenvalue weighted by Crippen LogP contribution is 2.39. The fourth-order valence-electron chi connectivity index (χ4n) is 3.43. The van der Waals surface area contributed by atoms with Crippen molar-refractivity contribution in [2.24, 2.45) is 11.3 Å². The van der Waals surface area contributed by atoms with E-state index in [4.69, 9.17) is 0 Å². The van der Waals surface area contributed by atoms with Crippen molar-refractivity contribution in [2.75, 3.05) is 26.2 Å². The van der Waals surface area contributed by atoms with E-state index in [0.717, 1.165) is 18.5 Å². The number of likely N-dealkylation sites (tertiary alicyclic amines) is 1. The molecule has 2 fully saturated rings. The highest BCUT2D eigenvalue weighted by Gasteiger charge is 2.40. The fraction of sp³-hybridized carbons (Fsp3) is 1.00. The van der Waals surface area contributed by atoms with Crippen molar-refractivity contribution < 1.29 is 0 Å². The first-order chi connectivity index (χ1) is 7.67. The van der Waals surface area contributed by atoms with Crippen LogP contribution in [0.5, 0.6) is 0 Å². The second kappa shape index (κ2) is 5.05. The average molecular weight is 224 g/mol. The van der Waals surface area contributed by atoms with Crippen molar-refractivity contribution in [1.29, 1.82) is 0 Å². The molecule has 0 aromatic heterocycles. The lowest BCUT2D eigenvalue weighted by atomic mass is 9.86. The predicted octanol–water partition coefficient (Wildman–Crippen LogP) is 2.50. The third kappa shape index (κ3) is 2.60. The molecular weight excluding hydrogens is 196 g/mol. The monoisotopic (exact) mass is 224 g/mol. The van der Waals surface area contributed by atoms with E-state index in [0.29, 0.717) is 5.41 Å². The minimum absolute atomic E-state index is 0.473. The quantitative estimate of drug-likeness (QED) is 0.746. The molecule has 1 saturated heterocycles. The zero-order valence-electron chi connectivity index (χ0n) is 11.3. The Morgan fingerprint density at radius 3 is 2.62 bits per heavy atom. The number of fused-ring (bicyclic) bond motifs is 2. The van der Waals surface area contributed by atoms with Crippen LogP contribution >= 0.6 is 0 Å². The van der Waals surface area contributed by atoms with Gasteiger partial charge in [0.2, 0.25) is 0 Å². The molecule has 2 nitrogen and oxygen atoms in total. The van der Waals surface area contributed by atoms with Crippen molar-refractivity contribution in [1.82, 2.24) is 10.2 Å². The predicted molar refractivity (Wildman–Crippen MR) is 69.6 cm³/mol. The first-order valence-electron chi connectivity index (χ1n) is 7.11. The Balaban J connectivity index is 1.86. The lowest BCUT2D eigenvalue weighted by Gasteiger charge is -2.37. The van der Waals surface area contributed by atoms with Gasteiger partial charge in [-0.1, -0.05) is 20.8 Å². The van der Waals surface area contributed by atoms with Crippen LogP contribution in [0.4, 0.5) is 0 Å². The molecule has 1 aliphatic carbocycles. The molecule has 3 atom stereocenters. The summed E-state index contributed by atoms with van der Waals surface area (Å²) >= 11 is 0. The highest BCUT2D eigenvalue weighted by atomic mass is 15.2. The standard InChI is InChI=1S/C14H28N2/c1-4-14(3,10-15-5-2)11-16-9-12-6-7-13(16)8-12/h12-13,15H,4-11H2,1-3H3. The minimum atomic E-state index is 0.473. The van der Waals surface area contributed by atoms with Gasteiger partial charge in [0.25, 0.3) is 0 Å². The van der Waals surface area contributed by atoms with Crippen LogP contribution in [0.15, 0.2) is 0 Å². The lowest BCUT2D eigenvalue weighted by molar-refractivity contribution is 0.125. The molecule has 3 unspecified atom stereocenters. The molecule has 94 valence electrons. The first-order valence-corrected chi connectivity index (χ1v) is 7.11. The Morgan fingerprint density at radius 2 is 2.12 bits per heavy atom. The van der Waals surface area contributed by atoms with Gasteiger partial charge in [0.1, 0.15) is 0 Å². The molecule has 1 N–H and O–H groups in total. The molecule has 0 amide bonds. The summed E-state index contributed by atoms with van der Waals surface area (Å²) < 4.78 is 0. The summed E-state index contributed by atoms with van der Waals surface area (Å²) in [5.41, 5.74) is 0.473. The van der Waals surface area contributed by atoms with Crippen LogP contribution in [0, 0.1) is 11.3 Å². The third-order valence-corrected chi connectivity index (χ3v) is 4.76. The molecule has 0 aromatic rings. The van der Waals surface area contributed by atoms with Gasteiger partial charge in [-0.3, -0.25) is 4.90 Å². The minimum Gasteiger partial charge on any atom is -0.316 e. The number of nitrogens with zero attached hydrogens (tertiary/aromatic N) is 1. The van der Waals surface area contributed by atoms with Crippen LogP contribution in [0.25, 0.3) is 0 Å². The Kier molecular flexibility index (Phi) is 3.91. The van der Waals surface area contributed by atoms with Gasteiger partial charge >= 0.3 is 0 Å². The molecule has 0 radical (unpaired) electrons. The Morgan fingerprint density at radius 1 is 1.31 bits per heavy atom. The molecule has 2 bridgehead atoms. The lowest BCUT2D eigenvalue weighted by Crippen LogP contribution is -2.44. The molecule has 16 heavy (non-hydrogen) atoms. The number of rotatable bonds is 6. The number of hydrogen-bond donors (Lipinski definition) is 1. The maximum atomic E-state index is 3.53. The van der Waals surface area contributed by atoms with E-state index in [1.165, 1.54) is 45.3 Å².